The van der Waals surface area contributed by atoms with E-state index in [2.05, 4.69) is 5.32 Å². The number of nitrogens with zero attached hydrogens (tertiary/aromatic N) is 1. The van der Waals surface area contributed by atoms with Crippen molar-refractivity contribution in [2.75, 3.05) is 4.90 Å². The molecule has 6 heteroatoms. The van der Waals surface area contributed by atoms with Crippen molar-refractivity contribution in [3.05, 3.63) is 95.8 Å². The van der Waals surface area contributed by atoms with Gasteiger partial charge in [-0.3, -0.25) is 14.9 Å². The van der Waals surface area contributed by atoms with E-state index in [9.17, 15) is 18.8 Å². The standard InChI is InChI=1S/C25H15FN2O3/c26-21-11-5-6-12-22(21)28-24(30)20(23(29)27-25(28)31)14-19-17-9-3-1-7-15(17)13-16-8-2-4-10-18(16)19/h1-14H,(H,27,29,31)/b20-14+. The van der Waals surface area contributed by atoms with Crippen LogP contribution >= 0.6 is 0 Å². The van der Waals surface area contributed by atoms with Crippen molar-refractivity contribution in [3.63, 3.8) is 0 Å². The van der Waals surface area contributed by atoms with Gasteiger partial charge in [0.05, 0.1) is 5.69 Å². The van der Waals surface area contributed by atoms with Crippen molar-refractivity contribution >= 4 is 51.2 Å². The quantitative estimate of drug-likeness (QED) is 0.293. The number of carbonyl (C=O) groups is 3. The summed E-state index contributed by atoms with van der Waals surface area (Å²) in [5.74, 6) is -2.44. The second-order valence-electron chi connectivity index (χ2n) is 7.14. The lowest BCUT2D eigenvalue weighted by molar-refractivity contribution is -0.122. The molecule has 4 aromatic carbocycles. The fourth-order valence-corrected chi connectivity index (χ4v) is 3.86. The maximum Gasteiger partial charge on any atom is 0.336 e. The molecule has 4 amide bonds. The molecule has 1 aliphatic rings. The Morgan fingerprint density at radius 3 is 2.00 bits per heavy atom. The normalized spacial score (nSPS) is 15.7. The number of para-hydroxylation sites is 1. The lowest BCUT2D eigenvalue weighted by Gasteiger charge is -2.26. The monoisotopic (exact) mass is 410 g/mol. The number of imide groups is 2. The van der Waals surface area contributed by atoms with E-state index in [1.807, 2.05) is 54.6 Å². The van der Waals surface area contributed by atoms with Gasteiger partial charge in [0.1, 0.15) is 11.4 Å². The first-order chi connectivity index (χ1) is 15.0. The number of urea groups is 1. The molecule has 0 aliphatic carbocycles. The SMILES string of the molecule is O=C1NC(=O)N(c2ccccc2F)C(=O)/C1=C/c1c2ccccc2cc2ccccc12. The largest absolute Gasteiger partial charge is 0.336 e. The highest BCUT2D eigenvalue weighted by Crippen LogP contribution is 2.32. The minimum Gasteiger partial charge on any atom is -0.273 e. The fourth-order valence-electron chi connectivity index (χ4n) is 3.86. The van der Waals surface area contributed by atoms with Gasteiger partial charge in [0.25, 0.3) is 11.8 Å². The molecule has 0 atom stereocenters. The van der Waals surface area contributed by atoms with Gasteiger partial charge in [-0.25, -0.2) is 14.1 Å². The van der Waals surface area contributed by atoms with Crippen molar-refractivity contribution < 1.29 is 18.8 Å². The highest BCUT2D eigenvalue weighted by atomic mass is 19.1. The second kappa shape index (κ2) is 7.18. The second-order valence-corrected chi connectivity index (χ2v) is 7.14. The van der Waals surface area contributed by atoms with Crippen LogP contribution in [0.2, 0.25) is 0 Å². The summed E-state index contributed by atoms with van der Waals surface area (Å²) in [6.45, 7) is 0. The van der Waals surface area contributed by atoms with Gasteiger partial charge in [0.15, 0.2) is 0 Å². The molecule has 1 N–H and O–H groups in total. The van der Waals surface area contributed by atoms with E-state index in [1.54, 1.807) is 0 Å². The van der Waals surface area contributed by atoms with E-state index >= 15 is 0 Å². The van der Waals surface area contributed by atoms with Gasteiger partial charge in [-0.2, -0.15) is 0 Å². The van der Waals surface area contributed by atoms with Crippen LogP contribution in [0.25, 0.3) is 27.6 Å². The Morgan fingerprint density at radius 2 is 1.35 bits per heavy atom. The summed E-state index contributed by atoms with van der Waals surface area (Å²) in [4.78, 5) is 38.8. The molecule has 0 saturated carbocycles. The molecule has 0 spiro atoms. The Morgan fingerprint density at radius 1 is 0.774 bits per heavy atom. The summed E-state index contributed by atoms with van der Waals surface area (Å²) in [7, 11) is 0. The maximum absolute atomic E-state index is 14.3. The maximum atomic E-state index is 14.3. The molecule has 150 valence electrons. The van der Waals surface area contributed by atoms with Crippen molar-refractivity contribution in [1.82, 2.24) is 5.32 Å². The number of fused-ring (bicyclic) bond motifs is 2. The molecule has 1 aliphatic heterocycles. The molecular formula is C25H15FN2O3. The topological polar surface area (TPSA) is 66.5 Å². The van der Waals surface area contributed by atoms with E-state index in [0.29, 0.717) is 10.5 Å². The van der Waals surface area contributed by atoms with Gasteiger partial charge in [0.2, 0.25) is 0 Å². The highest BCUT2D eigenvalue weighted by molar-refractivity contribution is 6.39. The van der Waals surface area contributed by atoms with Gasteiger partial charge in [0, 0.05) is 0 Å². The summed E-state index contributed by atoms with van der Waals surface area (Å²) >= 11 is 0. The number of halogens is 1. The molecule has 31 heavy (non-hydrogen) atoms. The van der Waals surface area contributed by atoms with Gasteiger partial charge in [-0.05, 0) is 51.4 Å². The Hall–Kier alpha value is -4.32. The average Bonchev–Trinajstić information content (AvgIpc) is 2.77. The molecule has 1 fully saturated rings. The Bertz CT molecular complexity index is 1390. The molecule has 0 unspecified atom stereocenters. The van der Waals surface area contributed by atoms with Crippen LogP contribution in [0, 0.1) is 5.82 Å². The van der Waals surface area contributed by atoms with Crippen LogP contribution in [0.3, 0.4) is 0 Å². The van der Waals surface area contributed by atoms with Gasteiger partial charge in [-0.1, -0.05) is 60.7 Å². The zero-order valence-corrected chi connectivity index (χ0v) is 16.1. The van der Waals surface area contributed by atoms with Crippen molar-refractivity contribution in [1.29, 1.82) is 0 Å². The van der Waals surface area contributed by atoms with E-state index < -0.39 is 23.7 Å². The Kier molecular flexibility index (Phi) is 4.33. The van der Waals surface area contributed by atoms with Crippen LogP contribution in [0.15, 0.2) is 84.4 Å². The first-order valence-electron chi connectivity index (χ1n) is 9.61. The number of hydrogen-bond donors (Lipinski definition) is 1. The fraction of sp³-hybridized carbons (Fsp3) is 0. The van der Waals surface area contributed by atoms with Crippen molar-refractivity contribution in [2.24, 2.45) is 0 Å². The first kappa shape index (κ1) is 18.7. The summed E-state index contributed by atoms with van der Waals surface area (Å²) in [6.07, 6.45) is 1.47. The zero-order valence-electron chi connectivity index (χ0n) is 16.1. The summed E-state index contributed by atoms with van der Waals surface area (Å²) in [6, 6.07) is 21.7. The van der Waals surface area contributed by atoms with Crippen LogP contribution < -0.4 is 10.2 Å². The summed E-state index contributed by atoms with van der Waals surface area (Å²) in [5, 5.41) is 5.73. The van der Waals surface area contributed by atoms with Gasteiger partial charge in [-0.15, -0.1) is 0 Å². The molecule has 1 heterocycles. The lowest BCUT2D eigenvalue weighted by atomic mass is 9.94. The molecule has 1 saturated heterocycles. The van der Waals surface area contributed by atoms with Crippen molar-refractivity contribution in [2.45, 2.75) is 0 Å². The lowest BCUT2D eigenvalue weighted by Crippen LogP contribution is -2.54. The Balaban J connectivity index is 1.74. The highest BCUT2D eigenvalue weighted by Gasteiger charge is 2.38. The summed E-state index contributed by atoms with van der Waals surface area (Å²) < 4.78 is 14.3. The average molecular weight is 410 g/mol. The molecular weight excluding hydrogens is 395 g/mol. The van der Waals surface area contributed by atoms with E-state index in [0.717, 1.165) is 27.6 Å². The number of barbiturate groups is 1. The van der Waals surface area contributed by atoms with Crippen LogP contribution in [0.4, 0.5) is 14.9 Å². The number of rotatable bonds is 2. The predicted octanol–water partition coefficient (Wildman–Crippen LogP) is 4.80. The number of amides is 4. The van der Waals surface area contributed by atoms with Crippen LogP contribution in [0.1, 0.15) is 5.56 Å². The molecule has 0 radical (unpaired) electrons. The van der Waals surface area contributed by atoms with Gasteiger partial charge >= 0.3 is 6.03 Å². The minimum absolute atomic E-state index is 0.217. The molecule has 4 aromatic rings. The van der Waals surface area contributed by atoms with E-state index in [4.69, 9.17) is 0 Å². The minimum atomic E-state index is -0.986. The third-order valence-electron chi connectivity index (χ3n) is 5.30. The molecule has 5 rings (SSSR count). The molecule has 0 bridgehead atoms. The number of hydrogen-bond acceptors (Lipinski definition) is 3. The number of anilines is 1. The number of nitrogens with one attached hydrogen (secondary N) is 1. The summed E-state index contributed by atoms with van der Waals surface area (Å²) in [5.41, 5.74) is 0.213. The van der Waals surface area contributed by atoms with Gasteiger partial charge < -0.3 is 0 Å². The van der Waals surface area contributed by atoms with Crippen molar-refractivity contribution in [3.8, 4) is 0 Å². The molecule has 5 nitrogen and oxygen atoms in total. The predicted molar refractivity (Wildman–Crippen MR) is 117 cm³/mol. The van der Waals surface area contributed by atoms with E-state index in [-0.39, 0.29) is 11.3 Å². The number of benzene rings is 4. The van der Waals surface area contributed by atoms with E-state index in [1.165, 1.54) is 24.3 Å². The van der Waals surface area contributed by atoms with Crippen LogP contribution in [-0.4, -0.2) is 17.8 Å². The third-order valence-corrected chi connectivity index (χ3v) is 5.30. The van der Waals surface area contributed by atoms with Crippen LogP contribution in [0.5, 0.6) is 0 Å². The first-order valence-corrected chi connectivity index (χ1v) is 9.61. The molecule has 0 aromatic heterocycles. The number of carbonyl (C=O) groups excluding carboxylic acids is 3. The smallest absolute Gasteiger partial charge is 0.273 e. The Labute approximate surface area is 176 Å². The van der Waals surface area contributed by atoms with Crippen LogP contribution in [-0.2, 0) is 9.59 Å². The zero-order chi connectivity index (χ0) is 21.5. The third kappa shape index (κ3) is 3.05.